The first-order valence-corrected chi connectivity index (χ1v) is 17.5. The summed E-state index contributed by atoms with van der Waals surface area (Å²) in [6, 6.07) is -3.38. The van der Waals surface area contributed by atoms with Gasteiger partial charge in [-0.05, 0) is 65.8 Å². The quantitative estimate of drug-likeness (QED) is 0.147. The summed E-state index contributed by atoms with van der Waals surface area (Å²) in [5.41, 5.74) is -2.14. The standard InChI is InChI=1S/C36H54N6O7/c1-18(2)26(39-32(49)38-22(33(4,5)6)17-41-23(43)14-34(7,8)15-24(41)44)31(48)42-16-21-25(35(21,9)10)27(42)29(46)40-36(13-19(36)3)28(45)30(47)37-20-11-12-20/h19-22,25-27H,1,11-17H2,2-10H3,(H,37,47)(H,40,46)(H2,38,39,49)/t19-,21-,22+,25-,26-,27-,36+/m0/s1. The number of hydrogen-bond donors (Lipinski definition) is 4. The van der Waals surface area contributed by atoms with Crippen LogP contribution in [0.4, 0.5) is 4.79 Å². The predicted octanol–water partition coefficient (Wildman–Crippen LogP) is 2.05. The molecule has 2 saturated heterocycles. The van der Waals surface area contributed by atoms with Crippen molar-refractivity contribution >= 4 is 41.4 Å². The first-order chi connectivity index (χ1) is 22.5. The second-order valence-electron chi connectivity index (χ2n) is 17.8. The van der Waals surface area contributed by atoms with Gasteiger partial charge < -0.3 is 26.2 Å². The SMILES string of the molecule is C=C(C)[C@H](NC(=O)N[C@H](CN1C(=O)CC(C)(C)CC1=O)C(C)(C)C)C(=O)N1C[C@H]2[C@@H]([C@H]1C(=O)N[C@]1(C(=O)C(=O)NC3CC3)C[C@@H]1C)C2(C)C. The van der Waals surface area contributed by atoms with Gasteiger partial charge >= 0.3 is 6.03 Å². The lowest BCUT2D eigenvalue weighted by molar-refractivity contribution is -0.153. The number of hydrogen-bond acceptors (Lipinski definition) is 7. The van der Waals surface area contributed by atoms with Crippen LogP contribution in [0.5, 0.6) is 0 Å². The van der Waals surface area contributed by atoms with Crippen molar-refractivity contribution in [1.82, 2.24) is 31.1 Å². The van der Waals surface area contributed by atoms with E-state index in [1.807, 2.05) is 55.4 Å². The lowest BCUT2D eigenvalue weighted by atomic mass is 9.80. The van der Waals surface area contributed by atoms with E-state index in [4.69, 9.17) is 0 Å². The number of imide groups is 1. The van der Waals surface area contributed by atoms with E-state index >= 15 is 0 Å². The molecular weight excluding hydrogens is 628 g/mol. The van der Waals surface area contributed by atoms with E-state index in [0.29, 0.717) is 18.5 Å². The molecule has 0 bridgehead atoms. The van der Waals surface area contributed by atoms with E-state index < -0.39 is 64.0 Å². The molecule has 0 radical (unpaired) electrons. The summed E-state index contributed by atoms with van der Waals surface area (Å²) in [6.45, 7) is 21.2. The molecule has 2 heterocycles. The maximum Gasteiger partial charge on any atom is 0.315 e. The number of fused-ring (bicyclic) bond motifs is 1. The summed E-state index contributed by atoms with van der Waals surface area (Å²) in [6.07, 6.45) is 2.44. The van der Waals surface area contributed by atoms with Gasteiger partial charge in [0.2, 0.25) is 29.4 Å². The smallest absolute Gasteiger partial charge is 0.315 e. The third-order valence-corrected chi connectivity index (χ3v) is 11.5. The highest BCUT2D eigenvalue weighted by molar-refractivity contribution is 6.41. The fraction of sp³-hybridized carbons (Fsp3) is 0.750. The first kappa shape index (κ1) is 36.5. The molecule has 3 aliphatic carbocycles. The van der Waals surface area contributed by atoms with Crippen LogP contribution in [-0.4, -0.2) is 93.9 Å². The van der Waals surface area contributed by atoms with Gasteiger partial charge in [0.1, 0.15) is 17.6 Å². The van der Waals surface area contributed by atoms with Crippen LogP contribution >= 0.6 is 0 Å². The molecule has 13 nitrogen and oxygen atoms in total. The summed E-state index contributed by atoms with van der Waals surface area (Å²) in [7, 11) is 0. The number of likely N-dealkylation sites (tertiary alicyclic amines) is 2. The third kappa shape index (κ3) is 7.12. The topological polar surface area (TPSA) is 174 Å². The predicted molar refractivity (Wildman–Crippen MR) is 180 cm³/mol. The van der Waals surface area contributed by atoms with Gasteiger partial charge in [0.05, 0.1) is 6.04 Å². The van der Waals surface area contributed by atoms with Gasteiger partial charge in [-0.2, -0.15) is 0 Å². The number of rotatable bonds is 11. The van der Waals surface area contributed by atoms with Gasteiger partial charge in [-0.15, -0.1) is 0 Å². The average Bonchev–Trinajstić information content (AvgIpc) is 3.91. The van der Waals surface area contributed by atoms with Crippen LogP contribution in [0, 0.1) is 34.0 Å². The van der Waals surface area contributed by atoms with Crippen molar-refractivity contribution in [3.63, 3.8) is 0 Å². The van der Waals surface area contributed by atoms with E-state index in [0.717, 1.165) is 12.8 Å². The Hall–Kier alpha value is -3.77. The highest BCUT2D eigenvalue weighted by atomic mass is 16.2. The molecule has 2 aliphatic heterocycles. The van der Waals surface area contributed by atoms with E-state index in [1.165, 1.54) is 9.80 Å². The van der Waals surface area contributed by atoms with E-state index in [1.54, 1.807) is 6.92 Å². The molecule has 5 aliphatic rings. The summed E-state index contributed by atoms with van der Waals surface area (Å²) >= 11 is 0. The summed E-state index contributed by atoms with van der Waals surface area (Å²) < 4.78 is 0. The zero-order valence-electron chi connectivity index (χ0n) is 30.5. The van der Waals surface area contributed by atoms with Crippen molar-refractivity contribution in [2.75, 3.05) is 13.1 Å². The van der Waals surface area contributed by atoms with Gasteiger partial charge in [0.25, 0.3) is 5.91 Å². The van der Waals surface area contributed by atoms with Crippen molar-refractivity contribution in [1.29, 1.82) is 0 Å². The zero-order valence-corrected chi connectivity index (χ0v) is 30.5. The highest BCUT2D eigenvalue weighted by Crippen LogP contribution is 2.65. The maximum atomic E-state index is 14.2. The fourth-order valence-electron chi connectivity index (χ4n) is 7.79. The van der Waals surface area contributed by atoms with Crippen LogP contribution in [0.15, 0.2) is 12.2 Å². The Morgan fingerprint density at radius 2 is 1.55 bits per heavy atom. The fourth-order valence-corrected chi connectivity index (χ4v) is 7.79. The normalized spacial score (nSPS) is 30.8. The Balaban J connectivity index is 1.29. The minimum absolute atomic E-state index is 0.00108. The lowest BCUT2D eigenvalue weighted by Gasteiger charge is -2.40. The number of nitrogens with one attached hydrogen (secondary N) is 4. The minimum Gasteiger partial charge on any atom is -0.347 e. The van der Waals surface area contributed by atoms with Gasteiger partial charge in [-0.25, -0.2) is 4.79 Å². The number of urea groups is 1. The Kier molecular flexibility index (Phi) is 9.11. The van der Waals surface area contributed by atoms with Crippen molar-refractivity contribution < 1.29 is 33.6 Å². The molecule has 4 N–H and O–H groups in total. The average molecular weight is 683 g/mol. The lowest BCUT2D eigenvalue weighted by Crippen LogP contribution is -2.61. The monoisotopic (exact) mass is 682 g/mol. The Labute approximate surface area is 289 Å². The first-order valence-electron chi connectivity index (χ1n) is 17.5. The van der Waals surface area contributed by atoms with E-state index in [9.17, 15) is 33.6 Å². The second-order valence-corrected chi connectivity index (χ2v) is 17.8. The summed E-state index contributed by atoms with van der Waals surface area (Å²) in [5.74, 6) is -3.27. The number of ketones is 1. The molecule has 0 aromatic heterocycles. The van der Waals surface area contributed by atoms with Crippen molar-refractivity contribution in [2.24, 2.45) is 34.0 Å². The van der Waals surface area contributed by atoms with Gasteiger partial charge in [-0.1, -0.05) is 62.0 Å². The Morgan fingerprint density at radius 3 is 2.04 bits per heavy atom. The second kappa shape index (κ2) is 12.2. The molecule has 7 atom stereocenters. The molecule has 0 unspecified atom stereocenters. The number of Topliss-reactive ketones (excluding diaryl/α,β-unsaturated/α-hetero) is 1. The van der Waals surface area contributed by atoms with Crippen LogP contribution < -0.4 is 21.3 Å². The molecule has 3 saturated carbocycles. The summed E-state index contributed by atoms with van der Waals surface area (Å²) in [4.78, 5) is 96.1. The third-order valence-electron chi connectivity index (χ3n) is 11.5. The van der Waals surface area contributed by atoms with E-state index in [2.05, 4.69) is 27.8 Å². The molecular formula is C36H54N6O7. The van der Waals surface area contributed by atoms with Gasteiger partial charge in [0.15, 0.2) is 0 Å². The van der Waals surface area contributed by atoms with Gasteiger partial charge in [0, 0.05) is 32.0 Å². The van der Waals surface area contributed by atoms with Crippen LogP contribution in [0.3, 0.4) is 0 Å². The van der Waals surface area contributed by atoms with E-state index in [-0.39, 0.29) is 60.4 Å². The molecule has 5 rings (SSSR count). The largest absolute Gasteiger partial charge is 0.347 e. The number of carbonyl (C=O) groups is 7. The Bertz CT molecular complexity index is 1470. The molecule has 270 valence electrons. The van der Waals surface area contributed by atoms with Crippen LogP contribution in [-0.2, 0) is 28.8 Å². The van der Waals surface area contributed by atoms with Crippen molar-refractivity contribution in [3.8, 4) is 0 Å². The number of piperidine rings is 2. The number of nitrogens with zero attached hydrogens (tertiary/aromatic N) is 2. The molecule has 0 aromatic rings. The molecule has 13 heteroatoms. The summed E-state index contributed by atoms with van der Waals surface area (Å²) in [5, 5.41) is 11.2. The number of amides is 7. The number of carbonyl (C=O) groups excluding carboxylic acids is 7. The van der Waals surface area contributed by atoms with Crippen molar-refractivity contribution in [3.05, 3.63) is 12.2 Å². The Morgan fingerprint density at radius 1 is 0.980 bits per heavy atom. The molecule has 0 spiro atoms. The highest BCUT2D eigenvalue weighted by Gasteiger charge is 2.71. The maximum absolute atomic E-state index is 14.2. The zero-order chi connectivity index (χ0) is 36.6. The molecule has 0 aromatic carbocycles. The molecule has 7 amide bonds. The molecule has 49 heavy (non-hydrogen) atoms. The molecule has 5 fully saturated rings. The van der Waals surface area contributed by atoms with Crippen LogP contribution in [0.2, 0.25) is 0 Å². The van der Waals surface area contributed by atoms with Crippen LogP contribution in [0.1, 0.15) is 94.4 Å². The van der Waals surface area contributed by atoms with Crippen molar-refractivity contribution in [2.45, 2.75) is 124 Å². The van der Waals surface area contributed by atoms with Crippen LogP contribution in [0.25, 0.3) is 0 Å². The minimum atomic E-state index is -1.30. The van der Waals surface area contributed by atoms with Gasteiger partial charge in [-0.3, -0.25) is 33.7 Å².